The second-order valence-corrected chi connectivity index (χ2v) is 4.91. The van der Waals surface area contributed by atoms with Gasteiger partial charge >= 0.3 is 0 Å². The normalized spacial score (nSPS) is 18.9. The Labute approximate surface area is 101 Å². The van der Waals surface area contributed by atoms with Crippen LogP contribution >= 0.6 is 0 Å². The van der Waals surface area contributed by atoms with E-state index in [9.17, 15) is 9.90 Å². The number of furan rings is 1. The highest BCUT2D eigenvalue weighted by Crippen LogP contribution is 2.35. The quantitative estimate of drug-likeness (QED) is 0.841. The first-order valence-corrected chi connectivity index (χ1v) is 6.17. The molecule has 0 atom stereocenters. The van der Waals surface area contributed by atoms with Gasteiger partial charge in [-0.3, -0.25) is 4.79 Å². The molecule has 2 N–H and O–H groups in total. The minimum absolute atomic E-state index is 0.113. The van der Waals surface area contributed by atoms with Crippen LogP contribution in [0.1, 0.15) is 42.5 Å². The van der Waals surface area contributed by atoms with Gasteiger partial charge in [-0.1, -0.05) is 19.3 Å². The van der Waals surface area contributed by atoms with Crippen molar-refractivity contribution in [3.63, 3.8) is 0 Å². The van der Waals surface area contributed by atoms with Crippen LogP contribution < -0.4 is 5.32 Å². The Balaban J connectivity index is 1.89. The van der Waals surface area contributed by atoms with Gasteiger partial charge in [-0.05, 0) is 18.9 Å². The summed E-state index contributed by atoms with van der Waals surface area (Å²) in [6.07, 6.45) is 8.42. The Morgan fingerprint density at radius 3 is 2.76 bits per heavy atom. The average molecular weight is 237 g/mol. The predicted molar refractivity (Wildman–Crippen MR) is 63.6 cm³/mol. The third kappa shape index (κ3) is 2.88. The van der Waals surface area contributed by atoms with E-state index >= 15 is 0 Å². The van der Waals surface area contributed by atoms with Crippen LogP contribution in [0.4, 0.5) is 0 Å². The molecule has 0 aliphatic heterocycles. The van der Waals surface area contributed by atoms with E-state index in [4.69, 9.17) is 4.42 Å². The Bertz CT molecular complexity index is 353. The van der Waals surface area contributed by atoms with Crippen molar-refractivity contribution in [1.29, 1.82) is 0 Å². The highest BCUT2D eigenvalue weighted by Gasteiger charge is 2.31. The standard InChI is InChI=1S/C13H19NO3/c15-10-13(5-2-1-3-6-13)9-14-12(16)11-4-7-17-8-11/h4,7-8,15H,1-3,5-6,9-10H2,(H,14,16). The summed E-state index contributed by atoms with van der Waals surface area (Å²) in [5.74, 6) is -0.128. The number of rotatable bonds is 4. The van der Waals surface area contributed by atoms with E-state index in [0.717, 1.165) is 25.7 Å². The zero-order valence-corrected chi connectivity index (χ0v) is 9.95. The first-order chi connectivity index (χ1) is 8.26. The third-order valence-electron chi connectivity index (χ3n) is 3.66. The smallest absolute Gasteiger partial charge is 0.254 e. The fourth-order valence-corrected chi connectivity index (χ4v) is 2.46. The van der Waals surface area contributed by atoms with Crippen molar-refractivity contribution in [2.45, 2.75) is 32.1 Å². The van der Waals surface area contributed by atoms with Gasteiger partial charge in [-0.25, -0.2) is 0 Å². The maximum atomic E-state index is 11.8. The molecular weight excluding hydrogens is 218 g/mol. The van der Waals surface area contributed by atoms with E-state index in [1.807, 2.05) is 0 Å². The van der Waals surface area contributed by atoms with Gasteiger partial charge in [0, 0.05) is 12.0 Å². The van der Waals surface area contributed by atoms with E-state index in [1.165, 1.54) is 18.9 Å². The zero-order chi connectivity index (χ0) is 12.1. The molecule has 1 amide bonds. The highest BCUT2D eigenvalue weighted by atomic mass is 16.3. The van der Waals surface area contributed by atoms with Crippen LogP contribution in [0, 0.1) is 5.41 Å². The fraction of sp³-hybridized carbons (Fsp3) is 0.615. The minimum atomic E-state index is -0.128. The number of nitrogens with one attached hydrogen (secondary N) is 1. The van der Waals surface area contributed by atoms with Crippen molar-refractivity contribution in [1.82, 2.24) is 5.32 Å². The highest BCUT2D eigenvalue weighted by molar-refractivity contribution is 5.93. The van der Waals surface area contributed by atoms with E-state index < -0.39 is 0 Å². The average Bonchev–Trinajstić information content (AvgIpc) is 2.91. The molecule has 0 spiro atoms. The molecular formula is C13H19NO3. The van der Waals surface area contributed by atoms with E-state index in [0.29, 0.717) is 12.1 Å². The van der Waals surface area contributed by atoms with Crippen molar-refractivity contribution in [2.24, 2.45) is 5.41 Å². The molecule has 4 heteroatoms. The molecule has 1 aromatic heterocycles. The molecule has 1 aliphatic rings. The van der Waals surface area contributed by atoms with Gasteiger partial charge in [0.15, 0.2) is 0 Å². The van der Waals surface area contributed by atoms with Crippen molar-refractivity contribution in [2.75, 3.05) is 13.2 Å². The third-order valence-corrected chi connectivity index (χ3v) is 3.66. The maximum absolute atomic E-state index is 11.8. The molecule has 2 rings (SSSR count). The molecule has 1 aliphatic carbocycles. The van der Waals surface area contributed by atoms with Crippen LogP contribution in [-0.2, 0) is 0 Å². The number of carbonyl (C=O) groups is 1. The lowest BCUT2D eigenvalue weighted by Gasteiger charge is -2.35. The van der Waals surface area contributed by atoms with Gasteiger partial charge in [-0.15, -0.1) is 0 Å². The summed E-state index contributed by atoms with van der Waals surface area (Å²) in [5, 5.41) is 12.4. The van der Waals surface area contributed by atoms with E-state index in [1.54, 1.807) is 6.07 Å². The zero-order valence-electron chi connectivity index (χ0n) is 9.95. The summed E-state index contributed by atoms with van der Waals surface area (Å²) in [5.41, 5.74) is 0.423. The lowest BCUT2D eigenvalue weighted by molar-refractivity contribution is 0.0717. The second-order valence-electron chi connectivity index (χ2n) is 4.91. The molecule has 0 unspecified atom stereocenters. The lowest BCUT2D eigenvalue weighted by Crippen LogP contribution is -2.41. The number of hydrogen-bond acceptors (Lipinski definition) is 3. The van der Waals surface area contributed by atoms with Crippen LogP contribution in [0.5, 0.6) is 0 Å². The number of carbonyl (C=O) groups excluding carboxylic acids is 1. The lowest BCUT2D eigenvalue weighted by atomic mass is 9.74. The maximum Gasteiger partial charge on any atom is 0.254 e. The largest absolute Gasteiger partial charge is 0.472 e. The molecule has 1 aromatic rings. The fourth-order valence-electron chi connectivity index (χ4n) is 2.46. The Morgan fingerprint density at radius 2 is 2.18 bits per heavy atom. The summed E-state index contributed by atoms with van der Waals surface area (Å²) in [7, 11) is 0. The Hall–Kier alpha value is -1.29. The van der Waals surface area contributed by atoms with Crippen molar-refractivity contribution in [3.8, 4) is 0 Å². The molecule has 4 nitrogen and oxygen atoms in total. The van der Waals surface area contributed by atoms with Gasteiger partial charge in [0.05, 0.1) is 18.4 Å². The van der Waals surface area contributed by atoms with Gasteiger partial charge in [0.2, 0.25) is 0 Å². The van der Waals surface area contributed by atoms with Crippen LogP contribution in [0.3, 0.4) is 0 Å². The van der Waals surface area contributed by atoms with Crippen LogP contribution in [0.25, 0.3) is 0 Å². The first kappa shape index (κ1) is 12.2. The summed E-state index contributed by atoms with van der Waals surface area (Å²) in [6, 6.07) is 1.64. The monoisotopic (exact) mass is 237 g/mol. The van der Waals surface area contributed by atoms with Crippen LogP contribution in [-0.4, -0.2) is 24.2 Å². The van der Waals surface area contributed by atoms with Gasteiger partial charge in [0.1, 0.15) is 6.26 Å². The Kier molecular flexibility index (Phi) is 3.84. The first-order valence-electron chi connectivity index (χ1n) is 6.17. The summed E-state index contributed by atoms with van der Waals surface area (Å²) < 4.78 is 4.87. The molecule has 0 aromatic carbocycles. The van der Waals surface area contributed by atoms with Crippen molar-refractivity contribution >= 4 is 5.91 Å². The Morgan fingerprint density at radius 1 is 1.41 bits per heavy atom. The topological polar surface area (TPSA) is 62.5 Å². The van der Waals surface area contributed by atoms with E-state index in [-0.39, 0.29) is 17.9 Å². The predicted octanol–water partition coefficient (Wildman–Crippen LogP) is 1.95. The summed E-state index contributed by atoms with van der Waals surface area (Å²) >= 11 is 0. The molecule has 94 valence electrons. The molecule has 0 radical (unpaired) electrons. The molecule has 0 bridgehead atoms. The second kappa shape index (κ2) is 5.36. The summed E-state index contributed by atoms with van der Waals surface area (Å²) in [6.45, 7) is 0.701. The van der Waals surface area contributed by atoms with Crippen molar-refractivity contribution in [3.05, 3.63) is 24.2 Å². The van der Waals surface area contributed by atoms with Gasteiger partial charge in [-0.2, -0.15) is 0 Å². The van der Waals surface area contributed by atoms with Crippen LogP contribution in [0.15, 0.2) is 23.0 Å². The molecule has 1 fully saturated rings. The SMILES string of the molecule is O=C(NCC1(CO)CCCCC1)c1ccoc1. The number of hydrogen-bond donors (Lipinski definition) is 2. The van der Waals surface area contributed by atoms with Gasteiger partial charge in [0.25, 0.3) is 5.91 Å². The number of aliphatic hydroxyl groups is 1. The minimum Gasteiger partial charge on any atom is -0.472 e. The number of amides is 1. The summed E-state index contributed by atoms with van der Waals surface area (Å²) in [4.78, 5) is 11.8. The molecule has 0 saturated heterocycles. The molecule has 1 saturated carbocycles. The van der Waals surface area contributed by atoms with Crippen LogP contribution in [0.2, 0.25) is 0 Å². The van der Waals surface area contributed by atoms with Crippen molar-refractivity contribution < 1.29 is 14.3 Å². The van der Waals surface area contributed by atoms with E-state index in [2.05, 4.69) is 5.32 Å². The number of aliphatic hydroxyl groups excluding tert-OH is 1. The molecule has 1 heterocycles. The molecule has 17 heavy (non-hydrogen) atoms. The van der Waals surface area contributed by atoms with Gasteiger partial charge < -0.3 is 14.8 Å².